The summed E-state index contributed by atoms with van der Waals surface area (Å²) in [5, 5.41) is 3.97. The van der Waals surface area contributed by atoms with E-state index in [0.29, 0.717) is 37.6 Å². The third-order valence-corrected chi connectivity index (χ3v) is 3.70. The SMILES string of the molecule is COc1ccc(-c2noc(CCCC(=O)OCCC(C)(C)C)n2)cc1. The zero-order valence-electron chi connectivity index (χ0n) is 15.4. The van der Waals surface area contributed by atoms with Crippen LogP contribution in [0.4, 0.5) is 0 Å². The number of hydrogen-bond acceptors (Lipinski definition) is 6. The van der Waals surface area contributed by atoms with Crippen LogP contribution in [-0.2, 0) is 16.0 Å². The minimum Gasteiger partial charge on any atom is -0.497 e. The summed E-state index contributed by atoms with van der Waals surface area (Å²) in [5.74, 6) is 1.65. The highest BCUT2D eigenvalue weighted by molar-refractivity contribution is 5.69. The number of aryl methyl sites for hydroxylation is 1. The molecular formula is C19H26N2O4. The smallest absolute Gasteiger partial charge is 0.305 e. The quantitative estimate of drug-likeness (QED) is 0.671. The maximum atomic E-state index is 11.7. The molecule has 0 unspecified atom stereocenters. The van der Waals surface area contributed by atoms with Crippen molar-refractivity contribution in [1.29, 1.82) is 0 Å². The van der Waals surface area contributed by atoms with E-state index in [4.69, 9.17) is 14.0 Å². The Labute approximate surface area is 148 Å². The van der Waals surface area contributed by atoms with E-state index in [1.165, 1.54) is 0 Å². The highest BCUT2D eigenvalue weighted by Gasteiger charge is 2.13. The topological polar surface area (TPSA) is 74.5 Å². The molecule has 0 bridgehead atoms. The Morgan fingerprint density at radius 2 is 1.92 bits per heavy atom. The van der Waals surface area contributed by atoms with Crippen molar-refractivity contribution in [2.24, 2.45) is 5.41 Å². The summed E-state index contributed by atoms with van der Waals surface area (Å²) in [4.78, 5) is 16.1. The van der Waals surface area contributed by atoms with Crippen LogP contribution in [0.15, 0.2) is 28.8 Å². The van der Waals surface area contributed by atoms with Crippen molar-refractivity contribution in [2.75, 3.05) is 13.7 Å². The Balaban J connectivity index is 1.75. The molecule has 136 valence electrons. The summed E-state index contributed by atoms with van der Waals surface area (Å²) in [6, 6.07) is 7.44. The molecule has 0 saturated heterocycles. The van der Waals surface area contributed by atoms with Gasteiger partial charge in [0.15, 0.2) is 0 Å². The summed E-state index contributed by atoms with van der Waals surface area (Å²) >= 11 is 0. The third-order valence-electron chi connectivity index (χ3n) is 3.70. The third kappa shape index (κ3) is 6.57. The fourth-order valence-electron chi connectivity index (χ4n) is 2.14. The van der Waals surface area contributed by atoms with Crippen LogP contribution in [-0.4, -0.2) is 29.8 Å². The molecule has 0 amide bonds. The number of methoxy groups -OCH3 is 1. The molecule has 1 heterocycles. The number of carbonyl (C=O) groups excluding carboxylic acids is 1. The van der Waals surface area contributed by atoms with Crippen LogP contribution in [0, 0.1) is 5.41 Å². The Kier molecular flexibility index (Phi) is 6.56. The predicted octanol–water partition coefficient (Wildman–Crippen LogP) is 4.05. The zero-order chi connectivity index (χ0) is 18.3. The normalized spacial score (nSPS) is 11.4. The van der Waals surface area contributed by atoms with E-state index in [9.17, 15) is 4.79 Å². The van der Waals surface area contributed by atoms with Gasteiger partial charge in [0.25, 0.3) is 0 Å². The van der Waals surface area contributed by atoms with Gasteiger partial charge in [-0.2, -0.15) is 4.98 Å². The number of benzene rings is 1. The molecule has 0 atom stereocenters. The maximum Gasteiger partial charge on any atom is 0.305 e. The number of nitrogens with zero attached hydrogens (tertiary/aromatic N) is 2. The minimum absolute atomic E-state index is 0.169. The Morgan fingerprint density at radius 1 is 1.20 bits per heavy atom. The van der Waals surface area contributed by atoms with Crippen LogP contribution in [0.25, 0.3) is 11.4 Å². The summed E-state index contributed by atoms with van der Waals surface area (Å²) in [5.41, 5.74) is 1.03. The highest BCUT2D eigenvalue weighted by atomic mass is 16.5. The lowest BCUT2D eigenvalue weighted by Gasteiger charge is -2.17. The Bertz CT molecular complexity index is 671. The van der Waals surface area contributed by atoms with Gasteiger partial charge in [0.2, 0.25) is 11.7 Å². The first-order valence-electron chi connectivity index (χ1n) is 8.50. The van der Waals surface area contributed by atoms with E-state index < -0.39 is 0 Å². The Morgan fingerprint density at radius 3 is 2.56 bits per heavy atom. The minimum atomic E-state index is -0.181. The van der Waals surface area contributed by atoms with E-state index in [1.54, 1.807) is 7.11 Å². The molecule has 0 N–H and O–H groups in total. The van der Waals surface area contributed by atoms with Crippen LogP contribution in [0.2, 0.25) is 0 Å². The van der Waals surface area contributed by atoms with Crippen molar-refractivity contribution in [1.82, 2.24) is 10.1 Å². The van der Waals surface area contributed by atoms with E-state index >= 15 is 0 Å². The molecule has 2 rings (SSSR count). The van der Waals surface area contributed by atoms with Crippen LogP contribution in [0.3, 0.4) is 0 Å². The fourth-order valence-corrected chi connectivity index (χ4v) is 2.14. The molecule has 0 saturated carbocycles. The van der Waals surface area contributed by atoms with Crippen LogP contribution >= 0.6 is 0 Å². The van der Waals surface area contributed by atoms with E-state index in [-0.39, 0.29) is 11.4 Å². The van der Waals surface area contributed by atoms with Gasteiger partial charge >= 0.3 is 5.97 Å². The molecule has 1 aromatic carbocycles. The van der Waals surface area contributed by atoms with Crippen molar-refractivity contribution in [3.05, 3.63) is 30.2 Å². The van der Waals surface area contributed by atoms with Gasteiger partial charge in [-0.05, 0) is 42.5 Å². The van der Waals surface area contributed by atoms with E-state index in [1.807, 2.05) is 24.3 Å². The van der Waals surface area contributed by atoms with Crippen LogP contribution in [0.1, 0.15) is 45.9 Å². The van der Waals surface area contributed by atoms with Gasteiger partial charge in [0.05, 0.1) is 13.7 Å². The molecule has 0 fully saturated rings. The molecule has 0 aliphatic carbocycles. The monoisotopic (exact) mass is 346 g/mol. The standard InChI is InChI=1S/C19H26N2O4/c1-19(2,3)12-13-24-17(22)7-5-6-16-20-18(21-25-16)14-8-10-15(23-4)11-9-14/h8-11H,5-7,12-13H2,1-4H3. The van der Waals surface area contributed by atoms with Gasteiger partial charge in [0.1, 0.15) is 5.75 Å². The summed E-state index contributed by atoms with van der Waals surface area (Å²) in [6.07, 6.45) is 2.38. The molecule has 0 radical (unpaired) electrons. The molecule has 0 aliphatic rings. The number of carbonyl (C=O) groups is 1. The van der Waals surface area contributed by atoms with Crippen molar-refractivity contribution in [3.8, 4) is 17.1 Å². The second-order valence-electron chi connectivity index (χ2n) is 7.12. The van der Waals surface area contributed by atoms with Crippen LogP contribution < -0.4 is 4.74 Å². The van der Waals surface area contributed by atoms with E-state index in [0.717, 1.165) is 17.7 Å². The van der Waals surface area contributed by atoms with Gasteiger partial charge in [0, 0.05) is 18.4 Å². The number of esters is 1. The van der Waals surface area contributed by atoms with Crippen molar-refractivity contribution in [2.45, 2.75) is 46.5 Å². The summed E-state index contributed by atoms with van der Waals surface area (Å²) < 4.78 is 15.6. The van der Waals surface area contributed by atoms with Crippen molar-refractivity contribution in [3.63, 3.8) is 0 Å². The lowest BCUT2D eigenvalue weighted by Crippen LogP contribution is -2.13. The van der Waals surface area contributed by atoms with Crippen molar-refractivity contribution < 1.29 is 18.8 Å². The van der Waals surface area contributed by atoms with Crippen molar-refractivity contribution >= 4 is 5.97 Å². The first kappa shape index (κ1) is 19.0. The second kappa shape index (κ2) is 8.65. The summed E-state index contributed by atoms with van der Waals surface area (Å²) in [6.45, 7) is 6.83. The van der Waals surface area contributed by atoms with Gasteiger partial charge in [-0.15, -0.1) is 0 Å². The first-order chi connectivity index (χ1) is 11.9. The number of aromatic nitrogens is 2. The lowest BCUT2D eigenvalue weighted by atomic mass is 9.93. The van der Waals surface area contributed by atoms with Gasteiger partial charge in [-0.3, -0.25) is 4.79 Å². The van der Waals surface area contributed by atoms with Gasteiger partial charge < -0.3 is 14.0 Å². The number of hydrogen-bond donors (Lipinski definition) is 0. The fraction of sp³-hybridized carbons (Fsp3) is 0.526. The second-order valence-corrected chi connectivity index (χ2v) is 7.12. The predicted molar refractivity (Wildman–Crippen MR) is 94.3 cm³/mol. The zero-order valence-corrected chi connectivity index (χ0v) is 15.4. The van der Waals surface area contributed by atoms with Gasteiger partial charge in [-0.25, -0.2) is 0 Å². The number of ether oxygens (including phenoxy) is 2. The highest BCUT2D eigenvalue weighted by Crippen LogP contribution is 2.20. The maximum absolute atomic E-state index is 11.7. The molecular weight excluding hydrogens is 320 g/mol. The van der Waals surface area contributed by atoms with Crippen LogP contribution in [0.5, 0.6) is 5.75 Å². The molecule has 6 heteroatoms. The lowest BCUT2D eigenvalue weighted by molar-refractivity contribution is -0.144. The molecule has 25 heavy (non-hydrogen) atoms. The summed E-state index contributed by atoms with van der Waals surface area (Å²) in [7, 11) is 1.62. The molecule has 0 spiro atoms. The van der Waals surface area contributed by atoms with Gasteiger partial charge in [-0.1, -0.05) is 25.9 Å². The average molecular weight is 346 g/mol. The molecule has 2 aromatic rings. The molecule has 0 aliphatic heterocycles. The van der Waals surface area contributed by atoms with E-state index in [2.05, 4.69) is 30.9 Å². The molecule has 1 aromatic heterocycles. The molecule has 6 nitrogen and oxygen atoms in total. The average Bonchev–Trinajstić information content (AvgIpc) is 3.02. The number of rotatable bonds is 8. The Hall–Kier alpha value is -2.37. The first-order valence-corrected chi connectivity index (χ1v) is 8.50. The largest absolute Gasteiger partial charge is 0.497 e.